The van der Waals surface area contributed by atoms with Crippen LogP contribution in [0.25, 0.3) is 0 Å². The minimum atomic E-state index is -0.848. The van der Waals surface area contributed by atoms with E-state index < -0.39 is 5.97 Å². The fourth-order valence-electron chi connectivity index (χ4n) is 2.09. The molecule has 0 aromatic heterocycles. The van der Waals surface area contributed by atoms with Crippen molar-refractivity contribution >= 4 is 5.97 Å². The molecule has 0 spiro atoms. The molecule has 0 aromatic rings. The molecule has 0 aromatic carbocycles. The molecule has 0 saturated carbocycles. The first-order chi connectivity index (χ1) is 8.07. The highest BCUT2D eigenvalue weighted by atomic mass is 16.4. The highest BCUT2D eigenvalue weighted by Crippen LogP contribution is 2.18. The minimum Gasteiger partial charge on any atom is -0.550 e. The Kier molecular flexibility index (Phi) is 10.3. The zero-order valence-electron chi connectivity index (χ0n) is 11.8. The van der Waals surface area contributed by atoms with Crippen molar-refractivity contribution in [3.63, 3.8) is 0 Å². The first-order valence-electron chi connectivity index (χ1n) is 7.28. The molecule has 0 bridgehead atoms. The molecule has 1 atom stereocenters. The molecular formula is C15H29O2-. The van der Waals surface area contributed by atoms with Crippen molar-refractivity contribution < 1.29 is 9.90 Å². The van der Waals surface area contributed by atoms with Gasteiger partial charge in [-0.15, -0.1) is 0 Å². The maximum absolute atomic E-state index is 11.0. The lowest BCUT2D eigenvalue weighted by molar-refractivity contribution is -0.312. The number of aliphatic carboxylic acids is 1. The van der Waals surface area contributed by atoms with Gasteiger partial charge in [0.1, 0.15) is 0 Å². The van der Waals surface area contributed by atoms with Gasteiger partial charge in [0.05, 0.1) is 0 Å². The van der Waals surface area contributed by atoms with Crippen molar-refractivity contribution in [1.29, 1.82) is 0 Å². The summed E-state index contributed by atoms with van der Waals surface area (Å²) in [7, 11) is 0. The van der Waals surface area contributed by atoms with E-state index in [9.17, 15) is 9.90 Å². The van der Waals surface area contributed by atoms with E-state index in [1.807, 2.05) is 0 Å². The lowest BCUT2D eigenvalue weighted by Crippen LogP contribution is -2.31. The summed E-state index contributed by atoms with van der Waals surface area (Å²) < 4.78 is 0. The number of unbranched alkanes of at least 4 members (excludes halogenated alkanes) is 5. The van der Waals surface area contributed by atoms with Gasteiger partial charge in [-0.25, -0.2) is 0 Å². The summed E-state index contributed by atoms with van der Waals surface area (Å²) in [4.78, 5) is 11.0. The lowest BCUT2D eigenvalue weighted by Gasteiger charge is -2.18. The molecule has 0 aliphatic carbocycles. The SMILES string of the molecule is CCCCCCCCC(CCC(C)C)C(=O)[O-]. The van der Waals surface area contributed by atoms with Crippen LogP contribution in [0.2, 0.25) is 0 Å². The average Bonchev–Trinajstić information content (AvgIpc) is 2.26. The topological polar surface area (TPSA) is 40.1 Å². The first-order valence-corrected chi connectivity index (χ1v) is 7.28. The van der Waals surface area contributed by atoms with Crippen LogP contribution in [0.4, 0.5) is 0 Å². The van der Waals surface area contributed by atoms with Crippen molar-refractivity contribution in [3.8, 4) is 0 Å². The third kappa shape index (κ3) is 10.3. The molecular weight excluding hydrogens is 212 g/mol. The monoisotopic (exact) mass is 241 g/mol. The Morgan fingerprint density at radius 3 is 2.06 bits per heavy atom. The molecule has 0 N–H and O–H groups in total. The van der Waals surface area contributed by atoms with Gasteiger partial charge in [0.15, 0.2) is 0 Å². The number of hydrogen-bond acceptors (Lipinski definition) is 2. The van der Waals surface area contributed by atoms with E-state index in [1.54, 1.807) is 0 Å². The molecule has 0 rings (SSSR count). The third-order valence-electron chi connectivity index (χ3n) is 3.33. The van der Waals surface area contributed by atoms with Gasteiger partial charge in [0.2, 0.25) is 0 Å². The summed E-state index contributed by atoms with van der Waals surface area (Å²) in [5, 5.41) is 11.0. The Hall–Kier alpha value is -0.530. The molecule has 0 fully saturated rings. The molecule has 0 amide bonds. The molecule has 17 heavy (non-hydrogen) atoms. The third-order valence-corrected chi connectivity index (χ3v) is 3.33. The molecule has 1 unspecified atom stereocenters. The molecule has 0 aliphatic heterocycles. The van der Waals surface area contributed by atoms with Crippen molar-refractivity contribution in [2.45, 2.75) is 78.6 Å². The smallest absolute Gasteiger partial charge is 0.0445 e. The number of carbonyl (C=O) groups is 1. The number of rotatable bonds is 11. The van der Waals surface area contributed by atoms with E-state index in [-0.39, 0.29) is 5.92 Å². The van der Waals surface area contributed by atoms with Crippen LogP contribution in [-0.4, -0.2) is 5.97 Å². The van der Waals surface area contributed by atoms with Crippen LogP contribution in [0.3, 0.4) is 0 Å². The van der Waals surface area contributed by atoms with Gasteiger partial charge in [-0.2, -0.15) is 0 Å². The molecule has 2 nitrogen and oxygen atoms in total. The highest BCUT2D eigenvalue weighted by Gasteiger charge is 2.10. The Balaban J connectivity index is 3.60. The molecule has 2 heteroatoms. The van der Waals surface area contributed by atoms with Gasteiger partial charge in [0.25, 0.3) is 0 Å². The van der Waals surface area contributed by atoms with Gasteiger partial charge in [0, 0.05) is 5.97 Å². The van der Waals surface area contributed by atoms with Gasteiger partial charge in [-0.3, -0.25) is 0 Å². The van der Waals surface area contributed by atoms with E-state index in [0.29, 0.717) is 5.92 Å². The van der Waals surface area contributed by atoms with E-state index >= 15 is 0 Å². The van der Waals surface area contributed by atoms with Crippen molar-refractivity contribution in [2.24, 2.45) is 11.8 Å². The second-order valence-corrected chi connectivity index (χ2v) is 5.54. The Morgan fingerprint density at radius 2 is 1.53 bits per heavy atom. The lowest BCUT2D eigenvalue weighted by atomic mass is 9.93. The zero-order chi connectivity index (χ0) is 13.1. The standard InChI is InChI=1S/C15H30O2/c1-4-5-6-7-8-9-10-14(15(16)17)12-11-13(2)3/h13-14H,4-12H2,1-3H3,(H,16,17)/p-1. The molecule has 0 heterocycles. The van der Waals surface area contributed by atoms with Crippen LogP contribution in [0, 0.1) is 11.8 Å². The van der Waals surface area contributed by atoms with E-state index in [1.165, 1.54) is 32.1 Å². The number of carbonyl (C=O) groups excluding carboxylic acids is 1. The normalized spacial score (nSPS) is 12.9. The zero-order valence-corrected chi connectivity index (χ0v) is 11.8. The van der Waals surface area contributed by atoms with Crippen molar-refractivity contribution in [3.05, 3.63) is 0 Å². The maximum atomic E-state index is 11.0. The predicted octanol–water partition coefficient (Wildman–Crippen LogP) is 3.54. The summed E-state index contributed by atoms with van der Waals surface area (Å²) >= 11 is 0. The fourth-order valence-corrected chi connectivity index (χ4v) is 2.09. The number of carboxylic acid groups (broad SMARTS) is 1. The van der Waals surface area contributed by atoms with Crippen molar-refractivity contribution in [1.82, 2.24) is 0 Å². The van der Waals surface area contributed by atoms with Crippen LogP contribution in [0.5, 0.6) is 0 Å². The molecule has 102 valence electrons. The molecule has 0 saturated heterocycles. The average molecular weight is 241 g/mol. The van der Waals surface area contributed by atoms with E-state index in [4.69, 9.17) is 0 Å². The predicted molar refractivity (Wildman–Crippen MR) is 70.6 cm³/mol. The first kappa shape index (κ1) is 16.5. The minimum absolute atomic E-state index is 0.219. The van der Waals surface area contributed by atoms with E-state index in [2.05, 4.69) is 20.8 Å². The Labute approximate surface area is 107 Å². The van der Waals surface area contributed by atoms with Gasteiger partial charge in [-0.05, 0) is 24.7 Å². The van der Waals surface area contributed by atoms with Crippen LogP contribution >= 0.6 is 0 Å². The van der Waals surface area contributed by atoms with E-state index in [0.717, 1.165) is 25.7 Å². The molecule has 0 aliphatic rings. The van der Waals surface area contributed by atoms with Crippen LogP contribution in [-0.2, 0) is 4.79 Å². The Bertz CT molecular complexity index is 187. The second-order valence-electron chi connectivity index (χ2n) is 5.54. The second kappa shape index (κ2) is 10.6. The number of carboxylic acids is 1. The summed E-state index contributed by atoms with van der Waals surface area (Å²) in [5.74, 6) is -0.482. The van der Waals surface area contributed by atoms with Crippen LogP contribution in [0.15, 0.2) is 0 Å². The quantitative estimate of drug-likeness (QED) is 0.519. The van der Waals surface area contributed by atoms with Gasteiger partial charge < -0.3 is 9.90 Å². The summed E-state index contributed by atoms with van der Waals surface area (Å²) in [6.07, 6.45) is 9.90. The highest BCUT2D eigenvalue weighted by molar-refractivity contribution is 5.67. The maximum Gasteiger partial charge on any atom is 0.0445 e. The van der Waals surface area contributed by atoms with Gasteiger partial charge in [-0.1, -0.05) is 65.7 Å². The fraction of sp³-hybridized carbons (Fsp3) is 0.933. The largest absolute Gasteiger partial charge is 0.550 e. The van der Waals surface area contributed by atoms with Crippen LogP contribution < -0.4 is 5.11 Å². The van der Waals surface area contributed by atoms with Crippen LogP contribution in [0.1, 0.15) is 78.6 Å². The summed E-state index contributed by atoms with van der Waals surface area (Å²) in [6.45, 7) is 6.48. The number of hydrogen-bond donors (Lipinski definition) is 0. The molecule has 0 radical (unpaired) electrons. The summed E-state index contributed by atoms with van der Waals surface area (Å²) in [5.41, 5.74) is 0. The van der Waals surface area contributed by atoms with Crippen molar-refractivity contribution in [2.75, 3.05) is 0 Å². The van der Waals surface area contributed by atoms with Gasteiger partial charge >= 0.3 is 0 Å². The Morgan fingerprint density at radius 1 is 0.941 bits per heavy atom. The summed E-state index contributed by atoms with van der Waals surface area (Å²) in [6, 6.07) is 0.